The number of aromatic nitrogens is 4. The third-order valence-electron chi connectivity index (χ3n) is 8.15. The van der Waals surface area contributed by atoms with Gasteiger partial charge in [0.15, 0.2) is 10.9 Å². The van der Waals surface area contributed by atoms with Crippen LogP contribution in [-0.2, 0) is 11.2 Å². The lowest BCUT2D eigenvalue weighted by Gasteiger charge is -2.37. The van der Waals surface area contributed by atoms with Crippen LogP contribution in [0, 0.1) is 24.2 Å². The van der Waals surface area contributed by atoms with Gasteiger partial charge in [-0.05, 0) is 52.0 Å². The Balaban J connectivity index is 1.25. The van der Waals surface area contributed by atoms with Gasteiger partial charge in [0.05, 0.1) is 12.2 Å². The number of imidazole rings is 1. The monoisotopic (exact) mass is 588 g/mol. The third-order valence-corrected chi connectivity index (χ3v) is 10.2. The highest BCUT2D eigenvalue weighted by molar-refractivity contribution is 7.20. The average molecular weight is 589 g/mol. The maximum Gasteiger partial charge on any atom is 0.216 e. The molecule has 9 nitrogen and oxygen atoms in total. The molecule has 2 fully saturated rings. The number of nitrogens with zero attached hydrogens (tertiary/aromatic N) is 8. The normalized spacial score (nSPS) is 17.4. The Morgan fingerprint density at radius 1 is 1.15 bits per heavy atom. The summed E-state index contributed by atoms with van der Waals surface area (Å²) >= 11 is 3.00. The number of hydrogen-bond donors (Lipinski definition) is 0. The number of Topliss-reactive ketones (excluding diaryl/α,β-unsaturated/α-hetero) is 1. The molecule has 1 atom stereocenters. The summed E-state index contributed by atoms with van der Waals surface area (Å²) in [7, 11) is 4.06. The van der Waals surface area contributed by atoms with E-state index in [1.807, 2.05) is 47.7 Å². The fourth-order valence-corrected chi connectivity index (χ4v) is 7.40. The van der Waals surface area contributed by atoms with Crippen molar-refractivity contribution >= 4 is 49.5 Å². The van der Waals surface area contributed by atoms with Crippen LogP contribution >= 0.6 is 22.7 Å². The van der Waals surface area contributed by atoms with E-state index in [0.717, 1.165) is 71.1 Å². The molecule has 4 aromatic rings. The highest BCUT2D eigenvalue weighted by Crippen LogP contribution is 2.38. The molecular formula is C30H36N8OS2. The predicted molar refractivity (Wildman–Crippen MR) is 166 cm³/mol. The number of hydrogen-bond acceptors (Lipinski definition) is 10. The molecule has 1 aromatic carbocycles. The van der Waals surface area contributed by atoms with E-state index in [1.54, 1.807) is 11.3 Å². The SMILES string of the molecule is CCc1nc2sc(N3CCCC(N(C)CC(=O)CC4CC4)C3)nn2c1N(C)c1nc(-c2ccc(C)cc2)c(C#N)s1. The molecule has 1 saturated carbocycles. The Kier molecular flexibility index (Phi) is 7.81. The lowest BCUT2D eigenvalue weighted by Crippen LogP contribution is -2.48. The predicted octanol–water partition coefficient (Wildman–Crippen LogP) is 5.69. The summed E-state index contributed by atoms with van der Waals surface area (Å²) in [5.74, 6) is 1.89. The summed E-state index contributed by atoms with van der Waals surface area (Å²) < 4.78 is 1.93. The number of likely N-dealkylation sites (N-methyl/N-ethyl adjacent to an activating group) is 1. The summed E-state index contributed by atoms with van der Waals surface area (Å²) in [5.41, 5.74) is 3.76. The molecule has 2 aliphatic rings. The molecule has 0 N–H and O–H groups in total. The Labute approximate surface area is 249 Å². The molecule has 214 valence electrons. The third kappa shape index (κ3) is 5.73. The van der Waals surface area contributed by atoms with Gasteiger partial charge in [-0.2, -0.15) is 9.78 Å². The zero-order valence-electron chi connectivity index (χ0n) is 24.1. The molecule has 1 unspecified atom stereocenters. The van der Waals surface area contributed by atoms with E-state index in [1.165, 1.54) is 29.7 Å². The zero-order chi connectivity index (χ0) is 28.7. The maximum absolute atomic E-state index is 12.5. The van der Waals surface area contributed by atoms with Crippen LogP contribution in [0.25, 0.3) is 16.2 Å². The van der Waals surface area contributed by atoms with E-state index >= 15 is 0 Å². The van der Waals surface area contributed by atoms with Crippen molar-refractivity contribution in [2.75, 3.05) is 43.5 Å². The van der Waals surface area contributed by atoms with Crippen molar-refractivity contribution in [3.63, 3.8) is 0 Å². The number of aryl methyl sites for hydroxylation is 2. The van der Waals surface area contributed by atoms with Gasteiger partial charge >= 0.3 is 0 Å². The molecule has 1 saturated heterocycles. The largest absolute Gasteiger partial charge is 0.345 e. The number of rotatable bonds is 10. The van der Waals surface area contributed by atoms with Crippen LogP contribution in [0.15, 0.2) is 24.3 Å². The van der Waals surface area contributed by atoms with Gasteiger partial charge in [-0.1, -0.05) is 59.4 Å². The van der Waals surface area contributed by atoms with Crippen LogP contribution in [-0.4, -0.2) is 70.0 Å². The van der Waals surface area contributed by atoms with Crippen molar-refractivity contribution in [3.8, 4) is 17.3 Å². The Bertz CT molecular complexity index is 1590. The molecule has 0 radical (unpaired) electrons. The molecule has 41 heavy (non-hydrogen) atoms. The van der Waals surface area contributed by atoms with E-state index < -0.39 is 0 Å². The Morgan fingerprint density at radius 3 is 2.63 bits per heavy atom. The van der Waals surface area contributed by atoms with Crippen molar-refractivity contribution < 1.29 is 4.79 Å². The number of piperidine rings is 1. The van der Waals surface area contributed by atoms with Gasteiger partial charge in [-0.15, -0.1) is 5.10 Å². The lowest BCUT2D eigenvalue weighted by atomic mass is 10.0. The van der Waals surface area contributed by atoms with Gasteiger partial charge in [0.2, 0.25) is 10.1 Å². The first-order valence-electron chi connectivity index (χ1n) is 14.4. The Morgan fingerprint density at radius 2 is 1.93 bits per heavy atom. The summed E-state index contributed by atoms with van der Waals surface area (Å²) in [4.78, 5) is 30.4. The molecule has 1 aliphatic carbocycles. The summed E-state index contributed by atoms with van der Waals surface area (Å²) in [6, 6.07) is 10.8. The molecule has 0 amide bonds. The first kappa shape index (κ1) is 27.8. The van der Waals surface area contributed by atoms with Gasteiger partial charge in [0.25, 0.3) is 0 Å². The molecule has 1 aliphatic heterocycles. The van der Waals surface area contributed by atoms with Crippen LogP contribution in [0.3, 0.4) is 0 Å². The molecule has 0 bridgehead atoms. The topological polar surface area (TPSA) is 93.7 Å². The van der Waals surface area contributed by atoms with Crippen molar-refractivity contribution in [2.45, 2.75) is 58.4 Å². The van der Waals surface area contributed by atoms with Crippen LogP contribution in [0.4, 0.5) is 16.1 Å². The number of carbonyl (C=O) groups is 1. The smallest absolute Gasteiger partial charge is 0.216 e. The van der Waals surface area contributed by atoms with E-state index in [-0.39, 0.29) is 0 Å². The van der Waals surface area contributed by atoms with E-state index in [9.17, 15) is 10.1 Å². The van der Waals surface area contributed by atoms with Crippen LogP contribution in [0.5, 0.6) is 0 Å². The number of thiazole rings is 1. The van der Waals surface area contributed by atoms with Gasteiger partial charge in [-0.25, -0.2) is 9.97 Å². The fourth-order valence-electron chi connectivity index (χ4n) is 5.60. The van der Waals surface area contributed by atoms with Gasteiger partial charge in [0.1, 0.15) is 22.4 Å². The van der Waals surface area contributed by atoms with Crippen molar-refractivity contribution in [1.29, 1.82) is 5.26 Å². The van der Waals surface area contributed by atoms with Gasteiger partial charge < -0.3 is 9.80 Å². The highest BCUT2D eigenvalue weighted by Gasteiger charge is 2.30. The number of anilines is 3. The number of ketones is 1. The standard InChI is InChI=1S/C30H36N8OS2/c1-5-24-27(36(4)28-33-26(25(16-31)40-28)21-12-8-19(2)9-13-21)38-29(32-24)41-30(34-38)37-14-6-7-22(17-37)35(3)18-23(39)15-20-10-11-20/h8-9,12-13,20,22H,5-7,10-11,14-15,17-18H2,1-4H3. The minimum absolute atomic E-state index is 0.330. The van der Waals surface area contributed by atoms with E-state index in [4.69, 9.17) is 15.1 Å². The summed E-state index contributed by atoms with van der Waals surface area (Å²) in [5, 5.41) is 16.6. The minimum Gasteiger partial charge on any atom is -0.345 e. The first-order chi connectivity index (χ1) is 19.8. The number of benzene rings is 1. The quantitative estimate of drug-likeness (QED) is 0.233. The average Bonchev–Trinajstić information content (AvgIpc) is 3.38. The maximum atomic E-state index is 12.5. The second-order valence-corrected chi connectivity index (χ2v) is 13.3. The van der Waals surface area contributed by atoms with Crippen LogP contribution in [0.2, 0.25) is 0 Å². The molecule has 0 spiro atoms. The first-order valence-corrected chi connectivity index (χ1v) is 16.0. The molecule has 4 heterocycles. The van der Waals surface area contributed by atoms with Gasteiger partial charge in [0, 0.05) is 38.2 Å². The summed E-state index contributed by atoms with van der Waals surface area (Å²) in [6.07, 6.45) is 6.09. The minimum atomic E-state index is 0.330. The van der Waals surface area contributed by atoms with Crippen molar-refractivity contribution in [3.05, 3.63) is 40.4 Å². The second-order valence-electron chi connectivity index (χ2n) is 11.4. The number of nitriles is 1. The van der Waals surface area contributed by atoms with Crippen LogP contribution in [0.1, 0.15) is 55.2 Å². The molecule has 11 heteroatoms. The molecule has 6 rings (SSSR count). The van der Waals surface area contributed by atoms with E-state index in [0.29, 0.717) is 34.9 Å². The van der Waals surface area contributed by atoms with Crippen molar-refractivity contribution in [2.24, 2.45) is 5.92 Å². The second kappa shape index (κ2) is 11.5. The molecular weight excluding hydrogens is 553 g/mol. The zero-order valence-corrected chi connectivity index (χ0v) is 25.8. The number of fused-ring (bicyclic) bond motifs is 1. The molecule has 3 aromatic heterocycles. The van der Waals surface area contributed by atoms with Crippen molar-refractivity contribution in [1.82, 2.24) is 24.5 Å². The van der Waals surface area contributed by atoms with Crippen LogP contribution < -0.4 is 9.80 Å². The van der Waals surface area contributed by atoms with Gasteiger partial charge in [-0.3, -0.25) is 9.69 Å². The summed E-state index contributed by atoms with van der Waals surface area (Å²) in [6.45, 7) is 6.48. The highest BCUT2D eigenvalue weighted by atomic mass is 32.1. The fraction of sp³-hybridized carbons (Fsp3) is 0.500. The Hall–Kier alpha value is -3.33. The number of carbonyl (C=O) groups excluding carboxylic acids is 1. The lowest BCUT2D eigenvalue weighted by molar-refractivity contribution is -0.120. The van der Waals surface area contributed by atoms with E-state index in [2.05, 4.69) is 29.8 Å².